The highest BCUT2D eigenvalue weighted by Gasteiger charge is 2.08. The van der Waals surface area contributed by atoms with E-state index in [0.717, 1.165) is 17.9 Å². The standard InChI is InChI=1S/C15H32NO3/c1-4-6-8-10-12-18-15(14-16(3)17)19-13-11-9-7-5-2/h15H,4-14H2,1-3H3/q-1. The molecule has 0 atom stereocenters. The Kier molecular flexibility index (Phi) is 14.1. The molecule has 0 amide bonds. The molecule has 0 aromatic carbocycles. The number of rotatable bonds is 14. The first-order chi connectivity index (χ1) is 9.20. The molecule has 0 aromatic heterocycles. The van der Waals surface area contributed by atoms with Gasteiger partial charge in [-0.05, 0) is 19.9 Å². The van der Waals surface area contributed by atoms with Gasteiger partial charge in [-0.15, -0.1) is 0 Å². The van der Waals surface area contributed by atoms with Crippen LogP contribution in [0.15, 0.2) is 0 Å². The largest absolute Gasteiger partial charge is 0.785 e. The number of nitrogens with zero attached hydrogens (tertiary/aromatic N) is 1. The molecule has 0 fully saturated rings. The van der Waals surface area contributed by atoms with E-state index in [-0.39, 0.29) is 6.29 Å². The molecular weight excluding hydrogens is 242 g/mol. The number of unbranched alkanes of at least 4 members (excludes halogenated alkanes) is 6. The van der Waals surface area contributed by atoms with Crippen LogP contribution in [0.1, 0.15) is 65.2 Å². The maximum Gasteiger partial charge on any atom is 0.169 e. The lowest BCUT2D eigenvalue weighted by Gasteiger charge is -2.28. The van der Waals surface area contributed by atoms with Gasteiger partial charge in [0.15, 0.2) is 6.29 Å². The van der Waals surface area contributed by atoms with Crippen LogP contribution in [0, 0.1) is 5.21 Å². The van der Waals surface area contributed by atoms with E-state index in [2.05, 4.69) is 13.8 Å². The second-order valence-electron chi connectivity index (χ2n) is 5.10. The summed E-state index contributed by atoms with van der Waals surface area (Å²) in [5.41, 5.74) is 0. The summed E-state index contributed by atoms with van der Waals surface area (Å²) in [6, 6.07) is 0. The van der Waals surface area contributed by atoms with Crippen LogP contribution in [0.2, 0.25) is 0 Å². The van der Waals surface area contributed by atoms with Crippen molar-refractivity contribution in [1.82, 2.24) is 5.06 Å². The average Bonchev–Trinajstić information content (AvgIpc) is 2.37. The van der Waals surface area contributed by atoms with E-state index in [4.69, 9.17) is 9.47 Å². The maximum atomic E-state index is 11.1. The van der Waals surface area contributed by atoms with E-state index in [9.17, 15) is 5.21 Å². The Morgan fingerprint density at radius 1 is 0.842 bits per heavy atom. The third-order valence-corrected chi connectivity index (χ3v) is 3.01. The summed E-state index contributed by atoms with van der Waals surface area (Å²) in [7, 11) is 1.51. The van der Waals surface area contributed by atoms with E-state index in [1.54, 1.807) is 0 Å². The number of likely N-dealkylation sites (N-methyl/N-ethyl adjacent to an activating group) is 1. The first-order valence-electron chi connectivity index (χ1n) is 7.82. The van der Waals surface area contributed by atoms with Crippen LogP contribution >= 0.6 is 0 Å². The van der Waals surface area contributed by atoms with Crippen molar-refractivity contribution in [2.75, 3.05) is 26.8 Å². The average molecular weight is 274 g/mol. The topological polar surface area (TPSA) is 44.8 Å². The number of hydroxylamine groups is 2. The van der Waals surface area contributed by atoms with Crippen molar-refractivity contribution in [2.45, 2.75) is 71.5 Å². The molecule has 0 bridgehead atoms. The second kappa shape index (κ2) is 14.3. The minimum atomic E-state index is -0.370. The van der Waals surface area contributed by atoms with Gasteiger partial charge in [-0.25, -0.2) is 0 Å². The van der Waals surface area contributed by atoms with Crippen molar-refractivity contribution in [3.05, 3.63) is 5.21 Å². The molecule has 0 aliphatic rings. The molecular formula is C15H32NO3-. The van der Waals surface area contributed by atoms with Crippen LogP contribution in [0.5, 0.6) is 0 Å². The number of hydrogen-bond acceptors (Lipinski definition) is 4. The van der Waals surface area contributed by atoms with Gasteiger partial charge < -0.3 is 19.7 Å². The molecule has 0 rings (SSSR count). The van der Waals surface area contributed by atoms with Gasteiger partial charge in [-0.3, -0.25) is 0 Å². The molecule has 0 N–H and O–H groups in total. The molecule has 0 aliphatic carbocycles. The Morgan fingerprint density at radius 3 is 1.68 bits per heavy atom. The fourth-order valence-electron chi connectivity index (χ4n) is 1.85. The van der Waals surface area contributed by atoms with Crippen molar-refractivity contribution in [1.29, 1.82) is 0 Å². The third-order valence-electron chi connectivity index (χ3n) is 3.01. The summed E-state index contributed by atoms with van der Waals surface area (Å²) >= 11 is 0. The molecule has 0 aromatic rings. The van der Waals surface area contributed by atoms with Crippen LogP contribution in [-0.2, 0) is 9.47 Å². The molecule has 0 heterocycles. The fourth-order valence-corrected chi connectivity index (χ4v) is 1.85. The molecule has 19 heavy (non-hydrogen) atoms. The molecule has 116 valence electrons. The first kappa shape index (κ1) is 18.8. The van der Waals surface area contributed by atoms with Gasteiger partial charge in [0.25, 0.3) is 0 Å². The van der Waals surface area contributed by atoms with Gasteiger partial charge in [0.2, 0.25) is 0 Å². The quantitative estimate of drug-likeness (QED) is 0.273. The van der Waals surface area contributed by atoms with Gasteiger partial charge in [-0.2, -0.15) is 0 Å². The van der Waals surface area contributed by atoms with Crippen LogP contribution in [-0.4, -0.2) is 38.2 Å². The summed E-state index contributed by atoms with van der Waals surface area (Å²) in [4.78, 5) is 0. The molecule has 0 radical (unpaired) electrons. The lowest BCUT2D eigenvalue weighted by molar-refractivity contribution is -0.149. The Morgan fingerprint density at radius 2 is 1.32 bits per heavy atom. The molecule has 0 saturated carbocycles. The minimum Gasteiger partial charge on any atom is -0.785 e. The highest BCUT2D eigenvalue weighted by molar-refractivity contribution is 4.55. The normalized spacial score (nSPS) is 11.7. The van der Waals surface area contributed by atoms with Crippen molar-refractivity contribution in [3.8, 4) is 0 Å². The Bertz CT molecular complexity index is 163. The van der Waals surface area contributed by atoms with E-state index < -0.39 is 0 Å². The molecule has 0 spiro atoms. The summed E-state index contributed by atoms with van der Waals surface area (Å²) in [6.07, 6.45) is 9.03. The zero-order valence-corrected chi connectivity index (χ0v) is 13.0. The molecule has 4 nitrogen and oxygen atoms in total. The van der Waals surface area contributed by atoms with Crippen molar-refractivity contribution < 1.29 is 9.47 Å². The maximum absolute atomic E-state index is 11.1. The van der Waals surface area contributed by atoms with Crippen LogP contribution in [0.3, 0.4) is 0 Å². The van der Waals surface area contributed by atoms with Crippen molar-refractivity contribution in [3.63, 3.8) is 0 Å². The van der Waals surface area contributed by atoms with E-state index in [1.807, 2.05) is 0 Å². The summed E-state index contributed by atoms with van der Waals surface area (Å²) < 4.78 is 11.3. The molecule has 0 unspecified atom stereocenters. The van der Waals surface area contributed by atoms with Crippen LogP contribution < -0.4 is 0 Å². The molecule has 4 heteroatoms. The van der Waals surface area contributed by atoms with Crippen molar-refractivity contribution >= 4 is 0 Å². The van der Waals surface area contributed by atoms with Gasteiger partial charge in [-0.1, -0.05) is 52.4 Å². The molecule has 0 aliphatic heterocycles. The Hall–Kier alpha value is -0.160. The summed E-state index contributed by atoms with van der Waals surface area (Å²) in [5.74, 6) is 0. The number of ether oxygens (including phenoxy) is 2. The van der Waals surface area contributed by atoms with Crippen molar-refractivity contribution in [2.24, 2.45) is 0 Å². The second-order valence-corrected chi connectivity index (χ2v) is 5.10. The summed E-state index contributed by atoms with van der Waals surface area (Å²) in [5, 5.41) is 12.0. The zero-order valence-electron chi connectivity index (χ0n) is 13.0. The fraction of sp³-hybridized carbons (Fsp3) is 1.00. The van der Waals surface area contributed by atoms with Gasteiger partial charge in [0.1, 0.15) is 0 Å². The SMILES string of the molecule is CCCCCCOC(CN(C)[O-])OCCCCCC. The zero-order chi connectivity index (χ0) is 14.3. The number of hydrogen-bond donors (Lipinski definition) is 0. The molecule has 0 saturated heterocycles. The van der Waals surface area contributed by atoms with Gasteiger partial charge in [0.05, 0.1) is 0 Å². The predicted octanol–water partition coefficient (Wildman–Crippen LogP) is 3.94. The van der Waals surface area contributed by atoms with Crippen LogP contribution in [0.4, 0.5) is 0 Å². The Balaban J connectivity index is 3.63. The van der Waals surface area contributed by atoms with E-state index >= 15 is 0 Å². The minimum absolute atomic E-state index is 0.293. The first-order valence-corrected chi connectivity index (χ1v) is 7.82. The smallest absolute Gasteiger partial charge is 0.169 e. The highest BCUT2D eigenvalue weighted by atomic mass is 16.7. The van der Waals surface area contributed by atoms with E-state index in [1.165, 1.54) is 45.6 Å². The van der Waals surface area contributed by atoms with Gasteiger partial charge in [0, 0.05) is 19.8 Å². The van der Waals surface area contributed by atoms with E-state index in [0.29, 0.717) is 19.8 Å². The third kappa shape index (κ3) is 14.1. The lowest BCUT2D eigenvalue weighted by Crippen LogP contribution is -2.30. The summed E-state index contributed by atoms with van der Waals surface area (Å²) in [6.45, 7) is 6.05. The monoisotopic (exact) mass is 274 g/mol. The van der Waals surface area contributed by atoms with Gasteiger partial charge >= 0.3 is 0 Å². The lowest BCUT2D eigenvalue weighted by atomic mass is 10.2. The highest BCUT2D eigenvalue weighted by Crippen LogP contribution is 2.05. The van der Waals surface area contributed by atoms with Crippen LogP contribution in [0.25, 0.3) is 0 Å². The predicted molar refractivity (Wildman–Crippen MR) is 80.0 cm³/mol. The Labute approximate surface area is 119 Å².